The van der Waals surface area contributed by atoms with Crippen LogP contribution in [0.15, 0.2) is 28.7 Å². The Kier molecular flexibility index (Phi) is 2.94. The lowest BCUT2D eigenvalue weighted by Crippen LogP contribution is -2.26. The number of amides is 1. The van der Waals surface area contributed by atoms with Gasteiger partial charge in [-0.1, -0.05) is 0 Å². The largest absolute Gasteiger partial charge is 0.480 e. The number of hydrogen-bond acceptors (Lipinski definition) is 5. The van der Waals surface area contributed by atoms with Crippen LogP contribution in [0.3, 0.4) is 0 Å². The van der Waals surface area contributed by atoms with Crippen LogP contribution in [0.25, 0.3) is 22.6 Å². The topological polar surface area (TPSA) is 77.2 Å². The van der Waals surface area contributed by atoms with Crippen molar-refractivity contribution in [3.05, 3.63) is 35.5 Å². The minimum absolute atomic E-state index is 0.0187. The molecule has 122 valence electrons. The van der Waals surface area contributed by atoms with Gasteiger partial charge in [-0.25, -0.2) is 9.97 Å². The number of nitrogens with zero attached hydrogens (tertiary/aromatic N) is 2. The molecule has 0 aliphatic carbocycles. The smallest absolute Gasteiger partial charge is 0.234 e. The van der Waals surface area contributed by atoms with Gasteiger partial charge in [0.2, 0.25) is 17.7 Å². The molecule has 0 spiro atoms. The molecule has 3 heterocycles. The molecule has 4 rings (SSSR count). The number of ether oxygens (including phenoxy) is 1. The maximum Gasteiger partial charge on any atom is 0.234 e. The van der Waals surface area contributed by atoms with Gasteiger partial charge in [0.25, 0.3) is 0 Å². The fraction of sp³-hybridized carbons (Fsp3) is 0.278. The molecule has 0 saturated carbocycles. The standard InChI is InChI=1S/C18H17N3O3/c1-9-5-6-10(15(19-9)23-4)16-20-13-7-11-12(8-14(13)24-16)21-17(22)18(11,2)3/h5-8H,1-4H3,(H,21,22). The molecule has 0 saturated heterocycles. The summed E-state index contributed by atoms with van der Waals surface area (Å²) in [4.78, 5) is 21.0. The van der Waals surface area contributed by atoms with E-state index in [-0.39, 0.29) is 5.91 Å². The number of rotatable bonds is 2. The molecule has 1 aromatic carbocycles. The van der Waals surface area contributed by atoms with Crippen LogP contribution >= 0.6 is 0 Å². The number of benzene rings is 1. The highest BCUT2D eigenvalue weighted by atomic mass is 16.5. The summed E-state index contributed by atoms with van der Waals surface area (Å²) >= 11 is 0. The molecular formula is C18H17N3O3. The van der Waals surface area contributed by atoms with Crippen molar-refractivity contribution in [1.29, 1.82) is 0 Å². The Labute approximate surface area is 138 Å². The van der Waals surface area contributed by atoms with Gasteiger partial charge in [-0.3, -0.25) is 4.79 Å². The number of anilines is 1. The quantitative estimate of drug-likeness (QED) is 0.781. The fourth-order valence-electron chi connectivity index (χ4n) is 2.96. The van der Waals surface area contributed by atoms with Gasteiger partial charge in [0.1, 0.15) is 5.52 Å². The number of oxazole rings is 1. The fourth-order valence-corrected chi connectivity index (χ4v) is 2.96. The van der Waals surface area contributed by atoms with Crippen LogP contribution < -0.4 is 10.1 Å². The van der Waals surface area contributed by atoms with Crippen molar-refractivity contribution >= 4 is 22.7 Å². The third kappa shape index (κ3) is 1.99. The number of carbonyl (C=O) groups excluding carboxylic acids is 1. The summed E-state index contributed by atoms with van der Waals surface area (Å²) in [6.07, 6.45) is 0. The zero-order valence-electron chi connectivity index (χ0n) is 13.9. The first-order valence-corrected chi connectivity index (χ1v) is 7.68. The third-order valence-electron chi connectivity index (χ3n) is 4.44. The monoisotopic (exact) mass is 323 g/mol. The third-order valence-corrected chi connectivity index (χ3v) is 4.44. The van der Waals surface area contributed by atoms with E-state index in [4.69, 9.17) is 9.15 Å². The summed E-state index contributed by atoms with van der Waals surface area (Å²) in [5.41, 5.74) is 3.99. The molecule has 6 heteroatoms. The van der Waals surface area contributed by atoms with E-state index in [0.29, 0.717) is 28.4 Å². The van der Waals surface area contributed by atoms with Crippen LogP contribution in [0.1, 0.15) is 25.1 Å². The number of aromatic nitrogens is 2. The summed E-state index contributed by atoms with van der Waals surface area (Å²) in [5.74, 6) is 0.902. The maximum atomic E-state index is 12.1. The van der Waals surface area contributed by atoms with Crippen molar-refractivity contribution in [2.24, 2.45) is 0 Å². The van der Waals surface area contributed by atoms with Gasteiger partial charge in [0.15, 0.2) is 5.58 Å². The predicted molar refractivity (Wildman–Crippen MR) is 90.2 cm³/mol. The number of aryl methyl sites for hydroxylation is 1. The molecule has 0 fully saturated rings. The van der Waals surface area contributed by atoms with Crippen LogP contribution in [0.5, 0.6) is 5.88 Å². The Morgan fingerprint density at radius 2 is 2.00 bits per heavy atom. The minimum atomic E-state index is -0.578. The van der Waals surface area contributed by atoms with Crippen molar-refractivity contribution in [3.63, 3.8) is 0 Å². The molecular weight excluding hydrogens is 306 g/mol. The summed E-state index contributed by atoms with van der Waals surface area (Å²) in [6.45, 7) is 5.69. The Balaban J connectivity index is 1.88. The SMILES string of the molecule is COc1nc(C)ccc1-c1nc2cc3c(cc2o1)NC(=O)C3(C)C. The highest BCUT2D eigenvalue weighted by molar-refractivity contribution is 6.07. The van der Waals surface area contributed by atoms with Gasteiger partial charge in [-0.15, -0.1) is 0 Å². The Hall–Kier alpha value is -2.89. The van der Waals surface area contributed by atoms with E-state index in [2.05, 4.69) is 15.3 Å². The molecule has 2 aromatic heterocycles. The number of methoxy groups -OCH3 is 1. The van der Waals surface area contributed by atoms with Gasteiger partial charge in [-0.2, -0.15) is 0 Å². The van der Waals surface area contributed by atoms with Gasteiger partial charge in [0, 0.05) is 17.4 Å². The maximum absolute atomic E-state index is 12.1. The number of hydrogen-bond donors (Lipinski definition) is 1. The van der Waals surface area contributed by atoms with Crippen LogP contribution in [-0.4, -0.2) is 23.0 Å². The molecule has 1 aliphatic heterocycles. The highest BCUT2D eigenvalue weighted by Crippen LogP contribution is 2.40. The first kappa shape index (κ1) is 14.7. The summed E-state index contributed by atoms with van der Waals surface area (Å²) in [7, 11) is 1.57. The minimum Gasteiger partial charge on any atom is -0.480 e. The molecule has 1 N–H and O–H groups in total. The van der Waals surface area contributed by atoms with Gasteiger partial charge in [0.05, 0.1) is 18.1 Å². The predicted octanol–water partition coefficient (Wildman–Crippen LogP) is 3.44. The van der Waals surface area contributed by atoms with Crippen LogP contribution in [-0.2, 0) is 10.2 Å². The number of pyridine rings is 1. The first-order valence-electron chi connectivity index (χ1n) is 7.68. The van der Waals surface area contributed by atoms with E-state index in [0.717, 1.165) is 16.9 Å². The molecule has 3 aromatic rings. The molecule has 6 nitrogen and oxygen atoms in total. The molecule has 1 aliphatic rings. The van der Waals surface area contributed by atoms with E-state index in [1.54, 1.807) is 7.11 Å². The summed E-state index contributed by atoms with van der Waals surface area (Å²) in [6, 6.07) is 7.49. The molecule has 0 unspecified atom stereocenters. The number of carbonyl (C=O) groups is 1. The zero-order valence-corrected chi connectivity index (χ0v) is 13.9. The molecule has 24 heavy (non-hydrogen) atoms. The van der Waals surface area contributed by atoms with Crippen LogP contribution in [0.2, 0.25) is 0 Å². The van der Waals surface area contributed by atoms with Crippen molar-refractivity contribution in [3.8, 4) is 17.3 Å². The second kappa shape index (κ2) is 4.80. The Morgan fingerprint density at radius 1 is 1.21 bits per heavy atom. The van der Waals surface area contributed by atoms with Crippen molar-refractivity contribution in [2.75, 3.05) is 12.4 Å². The summed E-state index contributed by atoms with van der Waals surface area (Å²) < 4.78 is 11.2. The second-order valence-corrected chi connectivity index (χ2v) is 6.47. The zero-order chi connectivity index (χ0) is 17.1. The highest BCUT2D eigenvalue weighted by Gasteiger charge is 2.39. The Morgan fingerprint density at radius 3 is 2.75 bits per heavy atom. The van der Waals surface area contributed by atoms with Crippen LogP contribution in [0.4, 0.5) is 5.69 Å². The number of fused-ring (bicyclic) bond motifs is 2. The normalized spacial score (nSPS) is 15.4. The molecule has 1 amide bonds. The van der Waals surface area contributed by atoms with E-state index >= 15 is 0 Å². The van der Waals surface area contributed by atoms with E-state index in [9.17, 15) is 4.79 Å². The van der Waals surface area contributed by atoms with Crippen molar-refractivity contribution in [1.82, 2.24) is 9.97 Å². The summed E-state index contributed by atoms with van der Waals surface area (Å²) in [5, 5.41) is 2.90. The molecule has 0 atom stereocenters. The van der Waals surface area contributed by atoms with Crippen molar-refractivity contribution in [2.45, 2.75) is 26.2 Å². The van der Waals surface area contributed by atoms with Gasteiger partial charge < -0.3 is 14.5 Å². The first-order chi connectivity index (χ1) is 11.4. The molecule has 0 radical (unpaired) electrons. The average Bonchev–Trinajstić information content (AvgIpc) is 3.04. The lowest BCUT2D eigenvalue weighted by Gasteiger charge is -2.14. The van der Waals surface area contributed by atoms with E-state index in [1.807, 2.05) is 45.0 Å². The number of nitrogens with one attached hydrogen (secondary N) is 1. The molecule has 0 bridgehead atoms. The van der Waals surface area contributed by atoms with Crippen molar-refractivity contribution < 1.29 is 13.9 Å². The lowest BCUT2D eigenvalue weighted by atomic mass is 9.86. The van der Waals surface area contributed by atoms with Gasteiger partial charge >= 0.3 is 0 Å². The van der Waals surface area contributed by atoms with Gasteiger partial charge in [-0.05, 0) is 44.5 Å². The Bertz CT molecular complexity index is 989. The van der Waals surface area contributed by atoms with E-state index in [1.165, 1.54) is 0 Å². The second-order valence-electron chi connectivity index (χ2n) is 6.47. The van der Waals surface area contributed by atoms with E-state index < -0.39 is 5.41 Å². The lowest BCUT2D eigenvalue weighted by molar-refractivity contribution is -0.119. The van der Waals surface area contributed by atoms with Crippen LogP contribution in [0, 0.1) is 6.92 Å². The average molecular weight is 323 g/mol.